The average Bonchev–Trinajstić information content (AvgIpc) is 2.80. The second-order valence-corrected chi connectivity index (χ2v) is 4.73. The second-order valence-electron chi connectivity index (χ2n) is 3.50. The number of hydrogen-bond donors (Lipinski definition) is 0. The maximum Gasteiger partial charge on any atom is 0.273 e. The molecule has 0 fully saturated rings. The van der Waals surface area contributed by atoms with Gasteiger partial charge in [-0.05, 0) is 24.6 Å². The fourth-order valence-corrected chi connectivity index (χ4v) is 2.44. The van der Waals surface area contributed by atoms with E-state index in [0.29, 0.717) is 16.0 Å². The molecule has 3 nitrogen and oxygen atoms in total. The van der Waals surface area contributed by atoms with Crippen molar-refractivity contribution >= 4 is 22.9 Å². The first-order valence-corrected chi connectivity index (χ1v) is 6.25. The first kappa shape index (κ1) is 12.2. The van der Waals surface area contributed by atoms with Crippen molar-refractivity contribution in [3.63, 3.8) is 0 Å². The molecule has 5 heteroatoms. The highest BCUT2D eigenvalue weighted by Gasteiger charge is 2.11. The van der Waals surface area contributed by atoms with Crippen LogP contribution in [0.1, 0.15) is 5.56 Å². The van der Waals surface area contributed by atoms with Gasteiger partial charge in [0.05, 0.1) is 24.9 Å². The number of hydrogen-bond acceptors (Lipinski definition) is 4. The smallest absolute Gasteiger partial charge is 0.273 e. The number of thiazole rings is 1. The molecule has 1 heterocycles. The van der Waals surface area contributed by atoms with E-state index in [1.807, 2.05) is 24.4 Å². The van der Waals surface area contributed by atoms with Crippen LogP contribution >= 0.6 is 22.9 Å². The van der Waals surface area contributed by atoms with Gasteiger partial charge in [-0.25, -0.2) is 4.98 Å². The van der Waals surface area contributed by atoms with Crippen molar-refractivity contribution in [2.24, 2.45) is 0 Å². The quantitative estimate of drug-likeness (QED) is 0.850. The Hall–Kier alpha value is -1.26. The minimum atomic E-state index is 0.583. The molecular formula is C12H12ClNO2S. The molecule has 0 atom stereocenters. The normalized spacial score (nSPS) is 10.4. The molecular weight excluding hydrogens is 258 g/mol. The van der Waals surface area contributed by atoms with Gasteiger partial charge in [0.15, 0.2) is 0 Å². The van der Waals surface area contributed by atoms with E-state index in [-0.39, 0.29) is 0 Å². The van der Waals surface area contributed by atoms with Gasteiger partial charge in [0.25, 0.3) is 5.19 Å². The van der Waals surface area contributed by atoms with Crippen LogP contribution in [0.5, 0.6) is 10.9 Å². The van der Waals surface area contributed by atoms with Crippen molar-refractivity contribution in [2.75, 3.05) is 14.2 Å². The molecule has 17 heavy (non-hydrogen) atoms. The minimum Gasteiger partial charge on any atom is -0.495 e. The van der Waals surface area contributed by atoms with Gasteiger partial charge >= 0.3 is 0 Å². The highest BCUT2D eigenvalue weighted by molar-refractivity contribution is 7.11. The van der Waals surface area contributed by atoms with Gasteiger partial charge in [0, 0.05) is 10.9 Å². The number of benzene rings is 1. The first-order chi connectivity index (χ1) is 8.15. The zero-order chi connectivity index (χ0) is 12.4. The topological polar surface area (TPSA) is 31.4 Å². The molecule has 2 aromatic rings. The van der Waals surface area contributed by atoms with E-state index in [1.165, 1.54) is 11.3 Å². The number of methoxy groups -OCH3 is 2. The number of rotatable bonds is 3. The van der Waals surface area contributed by atoms with Crippen molar-refractivity contribution < 1.29 is 9.47 Å². The number of aryl methyl sites for hydroxylation is 1. The Morgan fingerprint density at radius 3 is 2.59 bits per heavy atom. The Morgan fingerprint density at radius 1 is 1.24 bits per heavy atom. The third kappa shape index (κ3) is 2.37. The van der Waals surface area contributed by atoms with Gasteiger partial charge < -0.3 is 9.47 Å². The van der Waals surface area contributed by atoms with E-state index in [1.54, 1.807) is 14.2 Å². The molecule has 0 unspecified atom stereocenters. The highest BCUT2D eigenvalue weighted by atomic mass is 35.5. The predicted octanol–water partition coefficient (Wildman–Crippen LogP) is 3.79. The maximum atomic E-state index is 6.11. The van der Waals surface area contributed by atoms with Crippen LogP contribution in [0.2, 0.25) is 5.02 Å². The number of halogens is 1. The third-order valence-electron chi connectivity index (χ3n) is 2.43. The minimum absolute atomic E-state index is 0.583. The van der Waals surface area contributed by atoms with Gasteiger partial charge in [-0.15, -0.1) is 0 Å². The maximum absolute atomic E-state index is 6.11. The molecule has 0 spiro atoms. The van der Waals surface area contributed by atoms with Gasteiger partial charge in [0.1, 0.15) is 5.75 Å². The summed E-state index contributed by atoms with van der Waals surface area (Å²) in [5, 5.41) is 3.18. The van der Waals surface area contributed by atoms with Crippen LogP contribution in [-0.2, 0) is 0 Å². The molecule has 2 rings (SSSR count). The summed E-state index contributed by atoms with van der Waals surface area (Å²) in [6.07, 6.45) is 0. The van der Waals surface area contributed by atoms with Crippen molar-refractivity contribution in [3.8, 4) is 22.2 Å². The summed E-state index contributed by atoms with van der Waals surface area (Å²) in [4.78, 5) is 4.35. The van der Waals surface area contributed by atoms with Crippen LogP contribution in [0.4, 0.5) is 0 Å². The Labute approximate surface area is 109 Å². The van der Waals surface area contributed by atoms with Crippen LogP contribution in [-0.4, -0.2) is 19.2 Å². The second kappa shape index (κ2) is 4.94. The lowest BCUT2D eigenvalue weighted by molar-refractivity contribution is 0.412. The van der Waals surface area contributed by atoms with Crippen molar-refractivity contribution in [1.29, 1.82) is 0 Å². The van der Waals surface area contributed by atoms with Gasteiger partial charge in [0.2, 0.25) is 0 Å². The van der Waals surface area contributed by atoms with E-state index in [2.05, 4.69) is 4.98 Å². The van der Waals surface area contributed by atoms with Crippen LogP contribution in [0.3, 0.4) is 0 Å². The molecule has 0 bridgehead atoms. The SMILES string of the molecule is COc1nc(-c2cc(Cl)c(OC)cc2C)cs1. The fraction of sp³-hybridized carbons (Fsp3) is 0.250. The van der Waals surface area contributed by atoms with Crippen molar-refractivity contribution in [3.05, 3.63) is 28.1 Å². The third-order valence-corrected chi connectivity index (χ3v) is 3.53. The molecule has 0 N–H and O–H groups in total. The predicted molar refractivity (Wildman–Crippen MR) is 70.4 cm³/mol. The molecule has 0 saturated heterocycles. The number of aromatic nitrogens is 1. The summed E-state index contributed by atoms with van der Waals surface area (Å²) in [6, 6.07) is 3.77. The van der Waals surface area contributed by atoms with E-state index >= 15 is 0 Å². The van der Waals surface area contributed by atoms with Gasteiger partial charge in [-0.3, -0.25) is 0 Å². The number of ether oxygens (including phenoxy) is 2. The highest BCUT2D eigenvalue weighted by Crippen LogP contribution is 2.34. The number of nitrogens with zero attached hydrogens (tertiary/aromatic N) is 1. The van der Waals surface area contributed by atoms with Crippen molar-refractivity contribution in [1.82, 2.24) is 4.98 Å². The fourth-order valence-electron chi connectivity index (χ4n) is 1.56. The summed E-state index contributed by atoms with van der Waals surface area (Å²) < 4.78 is 10.2. The summed E-state index contributed by atoms with van der Waals surface area (Å²) in [7, 11) is 3.21. The molecule has 90 valence electrons. The monoisotopic (exact) mass is 269 g/mol. The zero-order valence-electron chi connectivity index (χ0n) is 9.78. The zero-order valence-corrected chi connectivity index (χ0v) is 11.4. The molecule has 1 aromatic heterocycles. The Balaban J connectivity index is 2.48. The lowest BCUT2D eigenvalue weighted by Crippen LogP contribution is -1.89. The molecule has 1 aromatic carbocycles. The summed E-state index contributed by atoms with van der Waals surface area (Å²) in [5.41, 5.74) is 2.93. The Morgan fingerprint density at radius 2 is 2.00 bits per heavy atom. The van der Waals surface area contributed by atoms with Crippen LogP contribution in [0, 0.1) is 6.92 Å². The van der Waals surface area contributed by atoms with E-state index in [4.69, 9.17) is 21.1 Å². The van der Waals surface area contributed by atoms with E-state index < -0.39 is 0 Å². The van der Waals surface area contributed by atoms with Gasteiger partial charge in [-0.2, -0.15) is 0 Å². The summed E-state index contributed by atoms with van der Waals surface area (Å²) >= 11 is 7.57. The Kier molecular flexibility index (Phi) is 3.54. The molecule has 0 amide bonds. The Bertz CT molecular complexity index is 539. The van der Waals surface area contributed by atoms with Crippen LogP contribution in [0.25, 0.3) is 11.3 Å². The van der Waals surface area contributed by atoms with Gasteiger partial charge in [-0.1, -0.05) is 22.9 Å². The molecule has 0 radical (unpaired) electrons. The molecule has 0 aliphatic carbocycles. The lowest BCUT2D eigenvalue weighted by atomic mass is 10.1. The van der Waals surface area contributed by atoms with Crippen molar-refractivity contribution in [2.45, 2.75) is 6.92 Å². The standard InChI is InChI=1S/C12H12ClNO2S/c1-7-4-11(15-2)9(13)5-8(7)10-6-17-12(14-10)16-3/h4-6H,1-3H3. The largest absolute Gasteiger partial charge is 0.495 e. The summed E-state index contributed by atoms with van der Waals surface area (Å²) in [5.74, 6) is 0.676. The average molecular weight is 270 g/mol. The van der Waals surface area contributed by atoms with E-state index in [9.17, 15) is 0 Å². The van der Waals surface area contributed by atoms with Crippen LogP contribution < -0.4 is 9.47 Å². The van der Waals surface area contributed by atoms with E-state index in [0.717, 1.165) is 16.8 Å². The van der Waals surface area contributed by atoms with Crippen LogP contribution in [0.15, 0.2) is 17.5 Å². The molecule has 0 aliphatic rings. The molecule has 0 saturated carbocycles. The lowest BCUT2D eigenvalue weighted by Gasteiger charge is -2.08. The molecule has 0 aliphatic heterocycles. The first-order valence-electron chi connectivity index (χ1n) is 4.99. The summed E-state index contributed by atoms with van der Waals surface area (Å²) in [6.45, 7) is 2.00.